The van der Waals surface area contributed by atoms with Crippen LogP contribution in [0, 0.1) is 11.8 Å². The van der Waals surface area contributed by atoms with Gasteiger partial charge in [-0.3, -0.25) is 9.69 Å². The number of likely N-dealkylation sites (tertiary alicyclic amines) is 1. The van der Waals surface area contributed by atoms with E-state index >= 15 is 0 Å². The summed E-state index contributed by atoms with van der Waals surface area (Å²) in [5.41, 5.74) is -0.153. The van der Waals surface area contributed by atoms with Gasteiger partial charge in [-0.2, -0.15) is 0 Å². The maximum Gasteiger partial charge on any atom is 0.237 e. The quantitative estimate of drug-likeness (QED) is 0.790. The lowest BCUT2D eigenvalue weighted by molar-refractivity contribution is -0.128. The number of nitrogens with zero attached hydrogens (tertiary/aromatic N) is 1. The lowest BCUT2D eigenvalue weighted by Crippen LogP contribution is -2.53. The van der Waals surface area contributed by atoms with Gasteiger partial charge in [-0.25, -0.2) is 0 Å². The summed E-state index contributed by atoms with van der Waals surface area (Å²) in [6.45, 7) is 16.8. The van der Waals surface area contributed by atoms with Crippen molar-refractivity contribution in [2.75, 3.05) is 26.2 Å². The van der Waals surface area contributed by atoms with Crippen molar-refractivity contribution in [3.8, 4) is 0 Å². The van der Waals surface area contributed by atoms with Gasteiger partial charge >= 0.3 is 0 Å². The molecule has 124 valence electrons. The molecule has 1 amide bonds. The van der Waals surface area contributed by atoms with Gasteiger partial charge in [0.1, 0.15) is 0 Å². The van der Waals surface area contributed by atoms with E-state index in [0.29, 0.717) is 11.8 Å². The number of piperidine rings is 1. The first-order valence-corrected chi connectivity index (χ1v) is 8.46. The van der Waals surface area contributed by atoms with Crippen LogP contribution in [0.3, 0.4) is 0 Å². The molecule has 4 heteroatoms. The molecule has 1 fully saturated rings. The summed E-state index contributed by atoms with van der Waals surface area (Å²) < 4.78 is 0. The second kappa shape index (κ2) is 8.14. The van der Waals surface area contributed by atoms with Crippen molar-refractivity contribution in [3.63, 3.8) is 0 Å². The Bertz CT molecular complexity index is 322. The Kier molecular flexibility index (Phi) is 7.14. The Morgan fingerprint density at radius 1 is 1.29 bits per heavy atom. The van der Waals surface area contributed by atoms with Crippen LogP contribution in [0.1, 0.15) is 54.4 Å². The number of hydrogen-bond donors (Lipinski definition) is 2. The Balaban J connectivity index is 2.42. The third-order valence-corrected chi connectivity index (χ3v) is 3.96. The average Bonchev–Trinajstić information content (AvgIpc) is 2.35. The summed E-state index contributed by atoms with van der Waals surface area (Å²) in [6.07, 6.45) is 2.47. The van der Waals surface area contributed by atoms with E-state index in [1.54, 1.807) is 0 Å². The summed E-state index contributed by atoms with van der Waals surface area (Å²) in [4.78, 5) is 14.6. The minimum absolute atomic E-state index is 0.0304. The lowest BCUT2D eigenvalue weighted by atomic mass is 9.96. The number of carbonyl (C=O) groups is 1. The molecule has 0 aromatic rings. The Morgan fingerprint density at radius 3 is 2.52 bits per heavy atom. The Labute approximate surface area is 131 Å². The van der Waals surface area contributed by atoms with E-state index < -0.39 is 0 Å². The van der Waals surface area contributed by atoms with Crippen LogP contribution in [-0.4, -0.2) is 48.6 Å². The summed E-state index contributed by atoms with van der Waals surface area (Å²) in [5, 5.41) is 6.65. The number of amides is 1. The maximum absolute atomic E-state index is 12.3. The number of hydrogen-bond acceptors (Lipinski definition) is 3. The van der Waals surface area contributed by atoms with Crippen LogP contribution >= 0.6 is 0 Å². The van der Waals surface area contributed by atoms with E-state index in [0.717, 1.165) is 26.2 Å². The average molecular weight is 297 g/mol. The van der Waals surface area contributed by atoms with Gasteiger partial charge in [-0.15, -0.1) is 0 Å². The maximum atomic E-state index is 12.3. The molecular formula is C17H35N3O. The minimum Gasteiger partial charge on any atom is -0.350 e. The van der Waals surface area contributed by atoms with Crippen molar-refractivity contribution in [1.82, 2.24) is 15.5 Å². The highest BCUT2D eigenvalue weighted by atomic mass is 16.2. The van der Waals surface area contributed by atoms with E-state index in [4.69, 9.17) is 0 Å². The van der Waals surface area contributed by atoms with Gasteiger partial charge in [0, 0.05) is 12.1 Å². The fraction of sp³-hybridized carbons (Fsp3) is 0.941. The van der Waals surface area contributed by atoms with Crippen molar-refractivity contribution in [2.24, 2.45) is 11.8 Å². The summed E-state index contributed by atoms with van der Waals surface area (Å²) in [7, 11) is 0. The predicted octanol–water partition coefficient (Wildman–Crippen LogP) is 2.25. The second-order valence-corrected chi connectivity index (χ2v) is 7.97. The highest BCUT2D eigenvalue weighted by Gasteiger charge is 2.28. The minimum atomic E-state index is -0.153. The van der Waals surface area contributed by atoms with Crippen LogP contribution in [0.4, 0.5) is 0 Å². The molecule has 0 saturated carbocycles. The molecule has 2 unspecified atom stereocenters. The van der Waals surface area contributed by atoms with Gasteiger partial charge in [-0.05, 0) is 72.0 Å². The standard InChI is InChI=1S/C17H35N3O/c1-13(2)10-18-11-15-8-7-9-20(12-15)14(3)16(21)19-17(4,5)6/h13-15,18H,7-12H2,1-6H3,(H,19,21). The van der Waals surface area contributed by atoms with Crippen LogP contribution in [0.2, 0.25) is 0 Å². The zero-order valence-electron chi connectivity index (χ0n) is 14.8. The van der Waals surface area contributed by atoms with Crippen LogP contribution in [0.15, 0.2) is 0 Å². The largest absolute Gasteiger partial charge is 0.350 e. The molecular weight excluding hydrogens is 262 g/mol. The summed E-state index contributed by atoms with van der Waals surface area (Å²) in [6, 6.07) is -0.0304. The lowest BCUT2D eigenvalue weighted by Gasteiger charge is -2.37. The monoisotopic (exact) mass is 297 g/mol. The third-order valence-electron chi connectivity index (χ3n) is 3.96. The molecule has 0 bridgehead atoms. The SMILES string of the molecule is CC(C)CNCC1CCCN(C(C)C(=O)NC(C)(C)C)C1. The summed E-state index contributed by atoms with van der Waals surface area (Å²) >= 11 is 0. The third kappa shape index (κ3) is 7.28. The molecule has 1 rings (SSSR count). The molecule has 2 atom stereocenters. The molecule has 21 heavy (non-hydrogen) atoms. The fourth-order valence-electron chi connectivity index (χ4n) is 2.83. The first-order chi connectivity index (χ1) is 9.69. The number of carbonyl (C=O) groups excluding carboxylic acids is 1. The molecule has 4 nitrogen and oxygen atoms in total. The molecule has 0 aliphatic carbocycles. The van der Waals surface area contributed by atoms with Gasteiger partial charge in [-0.1, -0.05) is 13.8 Å². The zero-order valence-corrected chi connectivity index (χ0v) is 14.8. The van der Waals surface area contributed by atoms with Crippen LogP contribution in [-0.2, 0) is 4.79 Å². The van der Waals surface area contributed by atoms with Crippen molar-refractivity contribution in [1.29, 1.82) is 0 Å². The second-order valence-electron chi connectivity index (χ2n) is 7.97. The topological polar surface area (TPSA) is 44.4 Å². The van der Waals surface area contributed by atoms with Crippen molar-refractivity contribution in [3.05, 3.63) is 0 Å². The zero-order chi connectivity index (χ0) is 16.0. The fourth-order valence-corrected chi connectivity index (χ4v) is 2.83. The van der Waals surface area contributed by atoms with Gasteiger partial charge in [0.2, 0.25) is 5.91 Å². The Morgan fingerprint density at radius 2 is 1.95 bits per heavy atom. The van der Waals surface area contributed by atoms with Crippen molar-refractivity contribution >= 4 is 5.91 Å². The van der Waals surface area contributed by atoms with E-state index in [1.807, 2.05) is 27.7 Å². The van der Waals surface area contributed by atoms with E-state index in [-0.39, 0.29) is 17.5 Å². The van der Waals surface area contributed by atoms with Crippen LogP contribution in [0.25, 0.3) is 0 Å². The van der Waals surface area contributed by atoms with Crippen LogP contribution in [0.5, 0.6) is 0 Å². The van der Waals surface area contributed by atoms with Gasteiger partial charge in [0.05, 0.1) is 6.04 Å². The first kappa shape index (κ1) is 18.4. The molecule has 0 radical (unpaired) electrons. The molecule has 0 aromatic carbocycles. The van der Waals surface area contributed by atoms with Crippen LogP contribution < -0.4 is 10.6 Å². The molecule has 1 heterocycles. The first-order valence-electron chi connectivity index (χ1n) is 8.46. The van der Waals surface area contributed by atoms with E-state index in [9.17, 15) is 4.79 Å². The number of nitrogens with one attached hydrogen (secondary N) is 2. The molecule has 1 aliphatic heterocycles. The van der Waals surface area contributed by atoms with Crippen molar-refractivity contribution < 1.29 is 4.79 Å². The Hall–Kier alpha value is -0.610. The molecule has 2 N–H and O–H groups in total. The number of rotatable bonds is 6. The molecule has 1 aliphatic rings. The predicted molar refractivity (Wildman–Crippen MR) is 89.4 cm³/mol. The van der Waals surface area contributed by atoms with Crippen molar-refractivity contribution in [2.45, 2.75) is 66.0 Å². The van der Waals surface area contributed by atoms with Gasteiger partial charge < -0.3 is 10.6 Å². The smallest absolute Gasteiger partial charge is 0.237 e. The summed E-state index contributed by atoms with van der Waals surface area (Å²) in [5.74, 6) is 1.52. The normalized spacial score (nSPS) is 22.3. The van der Waals surface area contributed by atoms with Gasteiger partial charge in [0.25, 0.3) is 0 Å². The highest BCUT2D eigenvalue weighted by molar-refractivity contribution is 5.81. The van der Waals surface area contributed by atoms with E-state index in [2.05, 4.69) is 29.4 Å². The van der Waals surface area contributed by atoms with E-state index in [1.165, 1.54) is 12.8 Å². The molecule has 0 aromatic heterocycles. The molecule has 1 saturated heterocycles. The highest BCUT2D eigenvalue weighted by Crippen LogP contribution is 2.18. The van der Waals surface area contributed by atoms with Gasteiger partial charge in [0.15, 0.2) is 0 Å². The molecule has 0 spiro atoms.